The predicted molar refractivity (Wildman–Crippen MR) is 73.6 cm³/mol. The Labute approximate surface area is 114 Å². The molecule has 0 aromatic heterocycles. The highest BCUT2D eigenvalue weighted by atomic mass is 32.2. The fourth-order valence-electron chi connectivity index (χ4n) is 2.25. The lowest BCUT2D eigenvalue weighted by Gasteiger charge is -2.14. The number of hydrogen-bond acceptors (Lipinski definition) is 4. The molecule has 0 radical (unpaired) electrons. The third kappa shape index (κ3) is 4.19. The Morgan fingerprint density at radius 2 is 2.00 bits per heavy atom. The Hall–Kier alpha value is -1.11. The Bertz CT molecular complexity index is 510. The topological polar surface area (TPSA) is 69.6 Å². The molecule has 19 heavy (non-hydrogen) atoms. The molecule has 1 aromatic carbocycles. The first-order chi connectivity index (χ1) is 9.08. The maximum absolute atomic E-state index is 11.9. The molecule has 0 saturated carbocycles. The molecule has 1 heterocycles. The second kappa shape index (κ2) is 6.36. The molecule has 0 aliphatic carbocycles. The average Bonchev–Trinajstić information content (AvgIpc) is 2.88. The van der Waals surface area contributed by atoms with Crippen molar-refractivity contribution in [1.82, 2.24) is 9.62 Å². The molecule has 1 aromatic rings. The van der Waals surface area contributed by atoms with E-state index in [9.17, 15) is 13.5 Å². The van der Waals surface area contributed by atoms with Crippen molar-refractivity contribution in [2.24, 2.45) is 0 Å². The summed E-state index contributed by atoms with van der Waals surface area (Å²) in [7, 11) is -3.51. The van der Waals surface area contributed by atoms with Crippen molar-refractivity contribution in [3.8, 4) is 5.75 Å². The first kappa shape index (κ1) is 14.3. The summed E-state index contributed by atoms with van der Waals surface area (Å²) in [5.41, 5.74) is 0. The van der Waals surface area contributed by atoms with Gasteiger partial charge in [0.1, 0.15) is 5.75 Å². The zero-order valence-corrected chi connectivity index (χ0v) is 11.7. The summed E-state index contributed by atoms with van der Waals surface area (Å²) in [5, 5.41) is 9.29. The Morgan fingerprint density at radius 3 is 2.68 bits per heavy atom. The van der Waals surface area contributed by atoms with E-state index in [2.05, 4.69) is 9.62 Å². The summed E-state index contributed by atoms with van der Waals surface area (Å²) in [5.74, 6) is -0.0417. The molecule has 0 spiro atoms. The Morgan fingerprint density at radius 1 is 1.26 bits per heavy atom. The van der Waals surface area contributed by atoms with Crippen LogP contribution in [0.2, 0.25) is 0 Å². The van der Waals surface area contributed by atoms with Crippen LogP contribution in [0.5, 0.6) is 5.75 Å². The molecule has 1 saturated heterocycles. The molecule has 1 fully saturated rings. The van der Waals surface area contributed by atoms with Gasteiger partial charge in [-0.15, -0.1) is 0 Å². The van der Waals surface area contributed by atoms with E-state index in [-0.39, 0.29) is 10.6 Å². The second-order valence-electron chi connectivity index (χ2n) is 4.80. The number of likely N-dealkylation sites (tertiary alicyclic amines) is 1. The van der Waals surface area contributed by atoms with Gasteiger partial charge in [-0.2, -0.15) is 0 Å². The van der Waals surface area contributed by atoms with E-state index in [0.29, 0.717) is 6.54 Å². The molecule has 6 heteroatoms. The van der Waals surface area contributed by atoms with Crippen molar-refractivity contribution in [1.29, 1.82) is 0 Å². The van der Waals surface area contributed by atoms with Crippen LogP contribution in [0, 0.1) is 0 Å². The molecule has 0 unspecified atom stereocenters. The predicted octanol–water partition coefficient (Wildman–Crippen LogP) is 1.16. The van der Waals surface area contributed by atoms with Gasteiger partial charge >= 0.3 is 0 Å². The molecule has 1 aliphatic rings. The first-order valence-corrected chi connectivity index (χ1v) is 8.07. The second-order valence-corrected chi connectivity index (χ2v) is 6.56. The van der Waals surface area contributed by atoms with Crippen LogP contribution < -0.4 is 4.72 Å². The summed E-state index contributed by atoms with van der Waals surface area (Å²) in [6.45, 7) is 3.61. The van der Waals surface area contributed by atoms with E-state index in [1.54, 1.807) is 0 Å². The van der Waals surface area contributed by atoms with Crippen LogP contribution in [-0.2, 0) is 10.0 Å². The molecule has 106 valence electrons. The van der Waals surface area contributed by atoms with Crippen LogP contribution in [0.15, 0.2) is 29.2 Å². The van der Waals surface area contributed by atoms with Crippen LogP contribution in [0.3, 0.4) is 0 Å². The highest BCUT2D eigenvalue weighted by molar-refractivity contribution is 7.89. The highest BCUT2D eigenvalue weighted by Gasteiger charge is 2.15. The van der Waals surface area contributed by atoms with Crippen molar-refractivity contribution < 1.29 is 13.5 Å². The number of rotatable bonds is 6. The number of phenolic OH excluding ortho intramolecular Hbond substituents is 1. The van der Waals surface area contributed by atoms with E-state index in [4.69, 9.17) is 0 Å². The Balaban J connectivity index is 1.80. The molecule has 5 nitrogen and oxygen atoms in total. The molecule has 0 amide bonds. The van der Waals surface area contributed by atoms with E-state index >= 15 is 0 Å². The molecular weight excluding hydrogens is 264 g/mol. The van der Waals surface area contributed by atoms with Gasteiger partial charge in [-0.25, -0.2) is 13.1 Å². The molecule has 0 atom stereocenters. The van der Waals surface area contributed by atoms with Crippen LogP contribution in [0.25, 0.3) is 0 Å². The van der Waals surface area contributed by atoms with Gasteiger partial charge in [-0.05, 0) is 57.1 Å². The van der Waals surface area contributed by atoms with Crippen LogP contribution in [0.1, 0.15) is 19.3 Å². The van der Waals surface area contributed by atoms with E-state index in [1.807, 2.05) is 0 Å². The monoisotopic (exact) mass is 284 g/mol. The van der Waals surface area contributed by atoms with E-state index in [1.165, 1.54) is 37.1 Å². The van der Waals surface area contributed by atoms with Gasteiger partial charge < -0.3 is 10.0 Å². The normalized spacial score (nSPS) is 16.8. The summed E-state index contributed by atoms with van der Waals surface area (Å²) < 4.78 is 26.5. The molecule has 0 bridgehead atoms. The lowest BCUT2D eigenvalue weighted by molar-refractivity contribution is 0.334. The van der Waals surface area contributed by atoms with Crippen molar-refractivity contribution in [2.45, 2.75) is 24.2 Å². The van der Waals surface area contributed by atoms with Gasteiger partial charge in [0.15, 0.2) is 0 Å². The maximum Gasteiger partial charge on any atom is 0.240 e. The van der Waals surface area contributed by atoms with Gasteiger partial charge in [-0.1, -0.05) is 6.07 Å². The highest BCUT2D eigenvalue weighted by Crippen LogP contribution is 2.15. The van der Waals surface area contributed by atoms with Gasteiger partial charge in [0, 0.05) is 6.54 Å². The maximum atomic E-state index is 11.9. The summed E-state index contributed by atoms with van der Waals surface area (Å²) in [6.07, 6.45) is 3.29. The summed E-state index contributed by atoms with van der Waals surface area (Å²) >= 11 is 0. The third-order valence-corrected chi connectivity index (χ3v) is 4.73. The number of nitrogens with zero attached hydrogens (tertiary/aromatic N) is 1. The molecule has 1 aliphatic heterocycles. The number of hydrogen-bond donors (Lipinski definition) is 2. The smallest absolute Gasteiger partial charge is 0.240 e. The summed E-state index contributed by atoms with van der Waals surface area (Å²) in [4.78, 5) is 2.46. The van der Waals surface area contributed by atoms with Crippen LogP contribution in [-0.4, -0.2) is 44.6 Å². The van der Waals surface area contributed by atoms with Crippen molar-refractivity contribution in [2.75, 3.05) is 26.2 Å². The largest absolute Gasteiger partial charge is 0.508 e. The molecule has 2 N–H and O–H groups in total. The zero-order chi connectivity index (χ0) is 13.7. The van der Waals surface area contributed by atoms with E-state index in [0.717, 1.165) is 26.1 Å². The van der Waals surface area contributed by atoms with Gasteiger partial charge in [0.25, 0.3) is 0 Å². The van der Waals surface area contributed by atoms with Crippen molar-refractivity contribution in [3.63, 3.8) is 0 Å². The number of nitrogens with one attached hydrogen (secondary N) is 1. The lowest BCUT2D eigenvalue weighted by Crippen LogP contribution is -2.28. The molecule has 2 rings (SSSR count). The number of aromatic hydroxyl groups is 1. The van der Waals surface area contributed by atoms with E-state index < -0.39 is 10.0 Å². The minimum atomic E-state index is -3.51. The summed E-state index contributed by atoms with van der Waals surface area (Å²) in [6, 6.07) is 5.70. The van der Waals surface area contributed by atoms with Gasteiger partial charge in [0.05, 0.1) is 4.90 Å². The number of benzene rings is 1. The lowest BCUT2D eigenvalue weighted by atomic mass is 10.3. The SMILES string of the molecule is O=S(=O)(NCCCN1CCCC1)c1cccc(O)c1. The molecular formula is C13H20N2O3S. The van der Waals surface area contributed by atoms with Crippen molar-refractivity contribution >= 4 is 10.0 Å². The number of sulfonamides is 1. The minimum Gasteiger partial charge on any atom is -0.508 e. The van der Waals surface area contributed by atoms with Crippen LogP contribution in [0.4, 0.5) is 0 Å². The quantitative estimate of drug-likeness (QED) is 0.769. The first-order valence-electron chi connectivity index (χ1n) is 6.59. The van der Waals surface area contributed by atoms with Gasteiger partial charge in [0.2, 0.25) is 10.0 Å². The van der Waals surface area contributed by atoms with Crippen LogP contribution >= 0.6 is 0 Å². The Kier molecular flexibility index (Phi) is 4.79. The van der Waals surface area contributed by atoms with Gasteiger partial charge in [-0.3, -0.25) is 0 Å². The number of phenols is 1. The standard InChI is InChI=1S/C13H20N2O3S/c16-12-5-3-6-13(11-12)19(17,18)14-7-4-10-15-8-1-2-9-15/h3,5-6,11,14,16H,1-2,4,7-10H2. The fraction of sp³-hybridized carbons (Fsp3) is 0.538. The fourth-order valence-corrected chi connectivity index (χ4v) is 3.36. The zero-order valence-electron chi connectivity index (χ0n) is 10.9. The minimum absolute atomic E-state index is 0.0417. The third-order valence-electron chi connectivity index (χ3n) is 3.27. The van der Waals surface area contributed by atoms with Crippen molar-refractivity contribution in [3.05, 3.63) is 24.3 Å². The average molecular weight is 284 g/mol.